The van der Waals surface area contributed by atoms with E-state index in [4.69, 9.17) is 5.26 Å². The molecular weight excluding hydrogens is 347 g/mol. The summed E-state index contributed by atoms with van der Waals surface area (Å²) in [7, 11) is -3.81. The lowest BCUT2D eigenvalue weighted by atomic mass is 10.2. The van der Waals surface area contributed by atoms with Crippen LogP contribution in [0.2, 0.25) is 0 Å². The van der Waals surface area contributed by atoms with Crippen LogP contribution in [0.25, 0.3) is 0 Å². The Morgan fingerprint density at radius 1 is 1.20 bits per heavy atom. The third-order valence-corrected chi connectivity index (χ3v) is 4.86. The number of nitrogens with one attached hydrogen (secondary N) is 1. The largest absolute Gasteiger partial charge is 0.280 e. The molecule has 0 aliphatic carbocycles. The van der Waals surface area contributed by atoms with E-state index in [0.717, 1.165) is 12.1 Å². The molecule has 0 amide bonds. The zero-order chi connectivity index (χ0) is 14.8. The first-order chi connectivity index (χ1) is 9.44. The van der Waals surface area contributed by atoms with E-state index in [0.29, 0.717) is 4.47 Å². The molecule has 0 heterocycles. The lowest BCUT2D eigenvalue weighted by Gasteiger charge is -2.09. The van der Waals surface area contributed by atoms with Gasteiger partial charge in [-0.1, -0.05) is 12.1 Å². The van der Waals surface area contributed by atoms with E-state index in [2.05, 4.69) is 20.7 Å². The van der Waals surface area contributed by atoms with E-state index < -0.39 is 15.8 Å². The monoisotopic (exact) mass is 354 g/mol. The van der Waals surface area contributed by atoms with Crippen molar-refractivity contribution in [3.05, 3.63) is 58.3 Å². The molecule has 0 saturated carbocycles. The van der Waals surface area contributed by atoms with Crippen LogP contribution in [0.1, 0.15) is 5.56 Å². The lowest BCUT2D eigenvalue weighted by Crippen LogP contribution is -2.13. The van der Waals surface area contributed by atoms with Crippen LogP contribution in [0.4, 0.5) is 10.1 Å². The first-order valence-corrected chi connectivity index (χ1v) is 7.68. The van der Waals surface area contributed by atoms with E-state index in [1.807, 2.05) is 0 Å². The average molecular weight is 355 g/mol. The molecule has 0 radical (unpaired) electrons. The van der Waals surface area contributed by atoms with Crippen LogP contribution in [0, 0.1) is 17.1 Å². The smallest absolute Gasteiger partial charge is 0.263 e. The van der Waals surface area contributed by atoms with Gasteiger partial charge in [0.25, 0.3) is 10.0 Å². The molecule has 20 heavy (non-hydrogen) atoms. The maximum absolute atomic E-state index is 13.2. The molecule has 7 heteroatoms. The fraction of sp³-hybridized carbons (Fsp3) is 0. The van der Waals surface area contributed by atoms with Crippen molar-refractivity contribution >= 4 is 31.6 Å². The van der Waals surface area contributed by atoms with Crippen LogP contribution in [-0.4, -0.2) is 8.42 Å². The Balaban J connectivity index is 2.39. The van der Waals surface area contributed by atoms with E-state index >= 15 is 0 Å². The van der Waals surface area contributed by atoms with Gasteiger partial charge in [0.1, 0.15) is 16.8 Å². The van der Waals surface area contributed by atoms with Gasteiger partial charge < -0.3 is 0 Å². The predicted molar refractivity (Wildman–Crippen MR) is 76.1 cm³/mol. The number of anilines is 1. The first-order valence-electron chi connectivity index (χ1n) is 5.41. The van der Waals surface area contributed by atoms with Gasteiger partial charge in [-0.05, 0) is 46.3 Å². The molecule has 2 aromatic carbocycles. The molecule has 102 valence electrons. The summed E-state index contributed by atoms with van der Waals surface area (Å²) in [5.41, 5.74) is -0.101. The lowest BCUT2D eigenvalue weighted by molar-refractivity contribution is 0.600. The summed E-state index contributed by atoms with van der Waals surface area (Å²) in [4.78, 5) is 0.0582. The Bertz CT molecular complexity index is 800. The van der Waals surface area contributed by atoms with Gasteiger partial charge in [0.15, 0.2) is 0 Å². The summed E-state index contributed by atoms with van der Waals surface area (Å²) < 4.78 is 40.3. The molecule has 4 nitrogen and oxygen atoms in total. The number of halogens is 2. The van der Waals surface area contributed by atoms with Gasteiger partial charge >= 0.3 is 0 Å². The minimum atomic E-state index is -3.81. The highest BCUT2D eigenvalue weighted by Crippen LogP contribution is 2.24. The Hall–Kier alpha value is -1.91. The van der Waals surface area contributed by atoms with Gasteiger partial charge in [-0.15, -0.1) is 0 Å². The molecule has 0 aromatic heterocycles. The first kappa shape index (κ1) is 14.5. The molecular formula is C13H8BrFN2O2S. The van der Waals surface area contributed by atoms with Gasteiger partial charge in [-0.3, -0.25) is 4.72 Å². The highest BCUT2D eigenvalue weighted by molar-refractivity contribution is 9.10. The van der Waals surface area contributed by atoms with Crippen molar-refractivity contribution < 1.29 is 12.8 Å². The van der Waals surface area contributed by atoms with Crippen LogP contribution < -0.4 is 4.72 Å². The number of hydrogen-bond acceptors (Lipinski definition) is 3. The molecule has 0 spiro atoms. The fourth-order valence-electron chi connectivity index (χ4n) is 1.55. The van der Waals surface area contributed by atoms with Gasteiger partial charge in [0.05, 0.1) is 11.3 Å². The van der Waals surface area contributed by atoms with Crippen LogP contribution in [0.5, 0.6) is 0 Å². The third kappa shape index (κ3) is 2.98. The summed E-state index contributed by atoms with van der Waals surface area (Å²) in [6.07, 6.45) is 0. The van der Waals surface area contributed by atoms with Gasteiger partial charge in [-0.2, -0.15) is 5.26 Å². The second-order valence-electron chi connectivity index (χ2n) is 3.84. The van der Waals surface area contributed by atoms with Crippen molar-refractivity contribution in [2.75, 3.05) is 4.72 Å². The summed E-state index contributed by atoms with van der Waals surface area (Å²) in [5, 5.41) is 8.73. The zero-order valence-electron chi connectivity index (χ0n) is 9.97. The summed E-state index contributed by atoms with van der Waals surface area (Å²) in [5.74, 6) is -0.698. The number of nitriles is 1. The Morgan fingerprint density at radius 3 is 2.55 bits per heavy atom. The molecule has 0 aliphatic rings. The standard InChI is InChI=1S/C13H8BrFN2O2S/c14-11-3-1-2-4-13(11)20(18,19)17-10-5-6-12(15)9(7-10)8-16/h1-7,17H. The van der Waals surface area contributed by atoms with Crippen molar-refractivity contribution in [1.29, 1.82) is 5.26 Å². The Morgan fingerprint density at radius 2 is 1.90 bits per heavy atom. The molecule has 2 aromatic rings. The number of nitrogens with zero attached hydrogens (tertiary/aromatic N) is 1. The molecule has 0 bridgehead atoms. The second-order valence-corrected chi connectivity index (χ2v) is 6.35. The molecule has 0 atom stereocenters. The van der Waals surface area contributed by atoms with E-state index in [-0.39, 0.29) is 16.1 Å². The third-order valence-electron chi connectivity index (χ3n) is 2.47. The van der Waals surface area contributed by atoms with Crippen LogP contribution >= 0.6 is 15.9 Å². The van der Waals surface area contributed by atoms with Gasteiger partial charge in [0.2, 0.25) is 0 Å². The fourth-order valence-corrected chi connectivity index (χ4v) is 3.60. The SMILES string of the molecule is N#Cc1cc(NS(=O)(=O)c2ccccc2Br)ccc1F. The van der Waals surface area contributed by atoms with Crippen molar-refractivity contribution in [3.63, 3.8) is 0 Å². The second kappa shape index (κ2) is 5.61. The maximum atomic E-state index is 13.2. The average Bonchev–Trinajstić information content (AvgIpc) is 2.41. The van der Waals surface area contributed by atoms with Crippen molar-refractivity contribution in [3.8, 4) is 6.07 Å². The number of benzene rings is 2. The summed E-state index contributed by atoms with van der Waals surface area (Å²) in [6, 6.07) is 11.4. The molecule has 1 N–H and O–H groups in total. The highest BCUT2D eigenvalue weighted by atomic mass is 79.9. The van der Waals surface area contributed by atoms with Crippen LogP contribution in [0.3, 0.4) is 0 Å². The molecule has 0 fully saturated rings. The normalized spacial score (nSPS) is 10.8. The van der Waals surface area contributed by atoms with Crippen LogP contribution in [0.15, 0.2) is 51.8 Å². The van der Waals surface area contributed by atoms with Gasteiger partial charge in [0, 0.05) is 4.47 Å². The quantitative estimate of drug-likeness (QED) is 0.919. The van der Waals surface area contributed by atoms with Crippen molar-refractivity contribution in [2.45, 2.75) is 4.90 Å². The minimum Gasteiger partial charge on any atom is -0.280 e. The van der Waals surface area contributed by atoms with Crippen molar-refractivity contribution in [1.82, 2.24) is 0 Å². The topological polar surface area (TPSA) is 70.0 Å². The highest BCUT2D eigenvalue weighted by Gasteiger charge is 2.17. The summed E-state index contributed by atoms with van der Waals surface area (Å²) >= 11 is 3.15. The van der Waals surface area contributed by atoms with Crippen molar-refractivity contribution in [2.24, 2.45) is 0 Å². The zero-order valence-corrected chi connectivity index (χ0v) is 12.4. The molecule has 0 unspecified atom stereocenters. The minimum absolute atomic E-state index is 0.0582. The van der Waals surface area contributed by atoms with E-state index in [1.54, 1.807) is 24.3 Å². The van der Waals surface area contributed by atoms with E-state index in [1.165, 1.54) is 12.1 Å². The van der Waals surface area contributed by atoms with Gasteiger partial charge in [-0.25, -0.2) is 12.8 Å². The Kier molecular flexibility index (Phi) is 4.06. The number of hydrogen-bond donors (Lipinski definition) is 1. The van der Waals surface area contributed by atoms with Crippen LogP contribution in [-0.2, 0) is 10.0 Å². The molecule has 0 saturated heterocycles. The predicted octanol–water partition coefficient (Wildman–Crippen LogP) is 3.26. The molecule has 2 rings (SSSR count). The molecule has 0 aliphatic heterocycles. The number of rotatable bonds is 3. The summed E-state index contributed by atoms with van der Waals surface area (Å²) in [6.45, 7) is 0. The number of sulfonamides is 1. The van der Waals surface area contributed by atoms with E-state index in [9.17, 15) is 12.8 Å². The maximum Gasteiger partial charge on any atom is 0.263 e. The Labute approximate surface area is 124 Å².